The summed E-state index contributed by atoms with van der Waals surface area (Å²) in [5.74, 6) is -0.711. The van der Waals surface area contributed by atoms with Gasteiger partial charge in [-0.3, -0.25) is 20.2 Å². The average molecular weight is 377 g/mol. The number of anilines is 1. The van der Waals surface area contributed by atoms with Gasteiger partial charge in [0.2, 0.25) is 0 Å². The number of halogens is 1. The van der Waals surface area contributed by atoms with Crippen molar-refractivity contribution in [2.75, 3.05) is 11.9 Å². The van der Waals surface area contributed by atoms with Crippen LogP contribution in [-0.4, -0.2) is 22.5 Å². The fourth-order valence-electron chi connectivity index (χ4n) is 2.05. The quantitative estimate of drug-likeness (QED) is 0.472. The molecule has 2 rings (SSSR count). The number of thiocarbonyl (C=S) groups is 1. The van der Waals surface area contributed by atoms with Crippen molar-refractivity contribution in [1.82, 2.24) is 5.32 Å². The molecule has 26 heavy (non-hydrogen) atoms. The molecule has 136 valence electrons. The second-order valence-corrected chi connectivity index (χ2v) is 5.89. The van der Waals surface area contributed by atoms with Gasteiger partial charge >= 0.3 is 0 Å². The van der Waals surface area contributed by atoms with Gasteiger partial charge < -0.3 is 10.1 Å². The number of carbonyl (C=O) groups is 1. The molecule has 0 heterocycles. The second-order valence-electron chi connectivity index (χ2n) is 5.48. The lowest BCUT2D eigenvalue weighted by molar-refractivity contribution is -0.384. The number of nitrogens with one attached hydrogen (secondary N) is 2. The average Bonchev–Trinajstić information content (AvgIpc) is 2.57. The summed E-state index contributed by atoms with van der Waals surface area (Å²) in [7, 11) is 0. The largest absolute Gasteiger partial charge is 0.483 e. The van der Waals surface area contributed by atoms with Crippen molar-refractivity contribution >= 4 is 34.6 Å². The third kappa shape index (κ3) is 5.21. The number of hydrogen-bond acceptors (Lipinski definition) is 5. The van der Waals surface area contributed by atoms with E-state index in [9.17, 15) is 19.3 Å². The summed E-state index contributed by atoms with van der Waals surface area (Å²) >= 11 is 4.92. The van der Waals surface area contributed by atoms with Crippen LogP contribution in [0.3, 0.4) is 0 Å². The number of hydrogen-bond donors (Lipinski definition) is 2. The highest BCUT2D eigenvalue weighted by Crippen LogP contribution is 2.21. The van der Waals surface area contributed by atoms with Gasteiger partial charge in [0, 0.05) is 12.1 Å². The van der Waals surface area contributed by atoms with E-state index < -0.39 is 16.6 Å². The molecule has 2 N–H and O–H groups in total. The molecular formula is C17H16FN3O4S. The van der Waals surface area contributed by atoms with Crippen molar-refractivity contribution in [3.8, 4) is 5.75 Å². The van der Waals surface area contributed by atoms with Crippen LogP contribution in [0.2, 0.25) is 0 Å². The number of aryl methyl sites for hydroxylation is 2. The highest BCUT2D eigenvalue weighted by molar-refractivity contribution is 7.80. The number of amides is 1. The minimum absolute atomic E-state index is 0.195. The maximum atomic E-state index is 13.7. The van der Waals surface area contributed by atoms with E-state index in [1.807, 2.05) is 26.0 Å². The first kappa shape index (κ1) is 19.3. The van der Waals surface area contributed by atoms with E-state index in [0.29, 0.717) is 5.75 Å². The molecule has 0 aliphatic carbocycles. The molecule has 1 amide bonds. The predicted molar refractivity (Wildman–Crippen MR) is 98.8 cm³/mol. The lowest BCUT2D eigenvalue weighted by Crippen LogP contribution is -2.37. The Bertz CT molecular complexity index is 873. The third-order valence-corrected chi connectivity index (χ3v) is 3.57. The first-order valence-corrected chi connectivity index (χ1v) is 7.92. The molecule has 0 spiro atoms. The molecule has 2 aromatic rings. The zero-order chi connectivity index (χ0) is 19.3. The second kappa shape index (κ2) is 8.34. The van der Waals surface area contributed by atoms with Crippen molar-refractivity contribution in [2.45, 2.75) is 13.8 Å². The lowest BCUT2D eigenvalue weighted by atomic mass is 10.1. The van der Waals surface area contributed by atoms with Crippen LogP contribution >= 0.6 is 12.2 Å². The first-order chi connectivity index (χ1) is 12.3. The Morgan fingerprint density at radius 3 is 2.69 bits per heavy atom. The normalized spacial score (nSPS) is 10.1. The maximum Gasteiger partial charge on any atom is 0.271 e. The van der Waals surface area contributed by atoms with Gasteiger partial charge in [-0.15, -0.1) is 0 Å². The van der Waals surface area contributed by atoms with Gasteiger partial charge in [-0.05, 0) is 49.3 Å². The Morgan fingerprint density at radius 2 is 2.00 bits per heavy atom. The SMILES string of the molecule is Cc1ccc(C)c(OCC(=O)NC(=S)Nc2cc([N+](=O)[O-])ccc2F)c1. The van der Waals surface area contributed by atoms with Crippen molar-refractivity contribution in [1.29, 1.82) is 0 Å². The minimum Gasteiger partial charge on any atom is -0.483 e. The van der Waals surface area contributed by atoms with Gasteiger partial charge in [-0.25, -0.2) is 4.39 Å². The van der Waals surface area contributed by atoms with Crippen LogP contribution < -0.4 is 15.4 Å². The number of carbonyl (C=O) groups excluding carboxylic acids is 1. The summed E-state index contributed by atoms with van der Waals surface area (Å²) < 4.78 is 19.1. The number of nitro groups is 1. The Labute approximate surface area is 154 Å². The molecule has 0 bridgehead atoms. The Balaban J connectivity index is 1.93. The van der Waals surface area contributed by atoms with Gasteiger partial charge in [0.1, 0.15) is 11.6 Å². The summed E-state index contributed by atoms with van der Waals surface area (Å²) in [5, 5.41) is 15.3. The van der Waals surface area contributed by atoms with E-state index in [2.05, 4.69) is 10.6 Å². The molecule has 0 aromatic heterocycles. The van der Waals surface area contributed by atoms with Crippen LogP contribution in [0, 0.1) is 29.8 Å². The van der Waals surface area contributed by atoms with Crippen molar-refractivity contribution in [3.63, 3.8) is 0 Å². The van der Waals surface area contributed by atoms with Gasteiger partial charge in [-0.2, -0.15) is 0 Å². The highest BCUT2D eigenvalue weighted by Gasteiger charge is 2.13. The third-order valence-electron chi connectivity index (χ3n) is 3.36. The van der Waals surface area contributed by atoms with E-state index in [1.165, 1.54) is 0 Å². The molecule has 0 saturated carbocycles. The van der Waals surface area contributed by atoms with Crippen LogP contribution in [0.1, 0.15) is 11.1 Å². The van der Waals surface area contributed by atoms with Gasteiger partial charge in [-0.1, -0.05) is 12.1 Å². The first-order valence-electron chi connectivity index (χ1n) is 7.51. The summed E-state index contributed by atoms with van der Waals surface area (Å²) in [6.07, 6.45) is 0. The molecule has 0 aliphatic rings. The summed E-state index contributed by atoms with van der Waals surface area (Å²) in [5.41, 5.74) is 1.35. The molecular weight excluding hydrogens is 361 g/mol. The number of rotatable bonds is 5. The molecule has 0 saturated heterocycles. The molecule has 0 aliphatic heterocycles. The number of ether oxygens (including phenoxy) is 1. The Morgan fingerprint density at radius 1 is 1.27 bits per heavy atom. The summed E-state index contributed by atoms with van der Waals surface area (Å²) in [4.78, 5) is 22.0. The Hall–Kier alpha value is -3.07. The highest BCUT2D eigenvalue weighted by atomic mass is 32.1. The predicted octanol–water partition coefficient (Wildman–Crippen LogP) is 3.24. The zero-order valence-electron chi connectivity index (χ0n) is 14.0. The van der Waals surface area contributed by atoms with E-state index in [0.717, 1.165) is 29.3 Å². The minimum atomic E-state index is -0.737. The van der Waals surface area contributed by atoms with Crippen LogP contribution in [-0.2, 0) is 4.79 Å². The Kier molecular flexibility index (Phi) is 6.18. The van der Waals surface area contributed by atoms with E-state index in [4.69, 9.17) is 17.0 Å². The molecule has 9 heteroatoms. The van der Waals surface area contributed by atoms with Crippen LogP contribution in [0.15, 0.2) is 36.4 Å². The fourth-order valence-corrected chi connectivity index (χ4v) is 2.27. The number of non-ortho nitro benzene ring substituents is 1. The van der Waals surface area contributed by atoms with Crippen molar-refractivity contribution < 1.29 is 18.8 Å². The zero-order valence-corrected chi connectivity index (χ0v) is 14.9. The van der Waals surface area contributed by atoms with Crippen molar-refractivity contribution in [2.24, 2.45) is 0 Å². The molecule has 0 fully saturated rings. The number of nitro benzene ring substituents is 1. The summed E-state index contributed by atoms with van der Waals surface area (Å²) in [6, 6.07) is 8.56. The summed E-state index contributed by atoms with van der Waals surface area (Å²) in [6.45, 7) is 3.46. The van der Waals surface area contributed by atoms with Crippen LogP contribution in [0.25, 0.3) is 0 Å². The fraction of sp³-hybridized carbons (Fsp3) is 0.176. The molecule has 0 atom stereocenters. The molecule has 0 radical (unpaired) electrons. The standard InChI is InChI=1S/C17H16FN3O4S/c1-10-3-4-11(2)15(7-10)25-9-16(22)20-17(26)19-14-8-12(21(23)24)5-6-13(14)18/h3-8H,9H2,1-2H3,(H2,19,20,22,26). The monoisotopic (exact) mass is 377 g/mol. The van der Waals surface area contributed by atoms with Gasteiger partial charge in [0.15, 0.2) is 11.7 Å². The number of benzene rings is 2. The van der Waals surface area contributed by atoms with Crippen molar-refractivity contribution in [3.05, 3.63) is 63.5 Å². The van der Waals surface area contributed by atoms with Crippen LogP contribution in [0.5, 0.6) is 5.75 Å². The van der Waals surface area contributed by atoms with E-state index in [-0.39, 0.29) is 23.1 Å². The van der Waals surface area contributed by atoms with Gasteiger partial charge in [0.25, 0.3) is 11.6 Å². The lowest BCUT2D eigenvalue weighted by Gasteiger charge is -2.12. The molecule has 0 unspecified atom stereocenters. The van der Waals surface area contributed by atoms with Crippen LogP contribution in [0.4, 0.5) is 15.8 Å². The molecule has 7 nitrogen and oxygen atoms in total. The van der Waals surface area contributed by atoms with E-state index in [1.54, 1.807) is 6.07 Å². The number of nitrogens with zero attached hydrogens (tertiary/aromatic N) is 1. The molecule has 2 aromatic carbocycles. The van der Waals surface area contributed by atoms with Gasteiger partial charge in [0.05, 0.1) is 10.6 Å². The maximum absolute atomic E-state index is 13.7. The smallest absolute Gasteiger partial charge is 0.271 e. The van der Waals surface area contributed by atoms with E-state index >= 15 is 0 Å². The topological polar surface area (TPSA) is 93.5 Å².